The number of hydrogen-bond acceptors (Lipinski definition) is 4. The number of imidazole rings is 1. The van der Waals surface area contributed by atoms with Gasteiger partial charge in [0.1, 0.15) is 10.8 Å². The SMILES string of the molecule is Nc1cccc2c1nc(-c1occc1P(=O)(O)O)n2Cc1ccccc1. The second kappa shape index (κ2) is 6.14. The molecule has 0 saturated carbocycles. The Kier molecular flexibility index (Phi) is 3.92. The minimum atomic E-state index is -4.51. The van der Waals surface area contributed by atoms with E-state index in [1.807, 2.05) is 47.0 Å². The quantitative estimate of drug-likeness (QED) is 0.376. The highest BCUT2D eigenvalue weighted by Gasteiger charge is 2.28. The fourth-order valence-corrected chi connectivity index (χ4v) is 3.64. The predicted molar refractivity (Wildman–Crippen MR) is 99.1 cm³/mol. The average molecular weight is 369 g/mol. The number of para-hydroxylation sites is 1. The third-order valence-electron chi connectivity index (χ3n) is 4.15. The minimum Gasteiger partial charge on any atom is -0.460 e. The van der Waals surface area contributed by atoms with Gasteiger partial charge in [0.05, 0.1) is 17.5 Å². The van der Waals surface area contributed by atoms with E-state index in [9.17, 15) is 14.4 Å². The Morgan fingerprint density at radius 2 is 1.85 bits per heavy atom. The Morgan fingerprint density at radius 3 is 2.58 bits per heavy atom. The molecule has 2 heterocycles. The first-order chi connectivity index (χ1) is 12.4. The number of fused-ring (bicyclic) bond motifs is 1. The summed E-state index contributed by atoms with van der Waals surface area (Å²) >= 11 is 0. The number of nitrogens with two attached hydrogens (primary N) is 1. The number of furan rings is 1. The van der Waals surface area contributed by atoms with Gasteiger partial charge in [0.2, 0.25) is 0 Å². The van der Waals surface area contributed by atoms with Crippen molar-refractivity contribution in [2.24, 2.45) is 0 Å². The first-order valence-electron chi connectivity index (χ1n) is 7.88. The summed E-state index contributed by atoms with van der Waals surface area (Å²) in [5, 5.41) is -0.194. The molecule has 0 aliphatic carbocycles. The topological polar surface area (TPSA) is 115 Å². The van der Waals surface area contributed by atoms with Crippen molar-refractivity contribution in [3.63, 3.8) is 0 Å². The smallest absolute Gasteiger partial charge is 0.360 e. The van der Waals surface area contributed by atoms with Crippen molar-refractivity contribution < 1.29 is 18.8 Å². The van der Waals surface area contributed by atoms with Crippen LogP contribution in [0.15, 0.2) is 65.3 Å². The van der Waals surface area contributed by atoms with Gasteiger partial charge in [-0.1, -0.05) is 36.4 Å². The zero-order valence-electron chi connectivity index (χ0n) is 13.6. The maximum atomic E-state index is 11.8. The highest BCUT2D eigenvalue weighted by atomic mass is 31.2. The van der Waals surface area contributed by atoms with Crippen LogP contribution in [-0.4, -0.2) is 19.3 Å². The zero-order chi connectivity index (χ0) is 18.3. The van der Waals surface area contributed by atoms with Crippen LogP contribution in [0.1, 0.15) is 5.56 Å². The van der Waals surface area contributed by atoms with Crippen LogP contribution in [0.5, 0.6) is 0 Å². The molecule has 0 aliphatic heterocycles. The standard InChI is InChI=1S/C18H16N3O4P/c19-13-7-4-8-14-16(13)20-18(17-15(9-10-25-17)26(22,23)24)21(14)11-12-5-2-1-3-6-12/h1-10H,11,19H2,(H2,22,23,24). The lowest BCUT2D eigenvalue weighted by atomic mass is 10.2. The molecule has 8 heteroatoms. The summed E-state index contributed by atoms with van der Waals surface area (Å²) in [4.78, 5) is 23.8. The van der Waals surface area contributed by atoms with Crippen LogP contribution >= 0.6 is 7.60 Å². The van der Waals surface area contributed by atoms with E-state index in [0.717, 1.165) is 11.1 Å². The third kappa shape index (κ3) is 2.82. The lowest BCUT2D eigenvalue weighted by Gasteiger charge is -2.10. The van der Waals surface area contributed by atoms with Gasteiger partial charge in [0.15, 0.2) is 11.6 Å². The third-order valence-corrected chi connectivity index (χ3v) is 5.13. The van der Waals surface area contributed by atoms with E-state index >= 15 is 0 Å². The highest BCUT2D eigenvalue weighted by Crippen LogP contribution is 2.39. The molecule has 0 saturated heterocycles. The number of rotatable bonds is 4. The summed E-state index contributed by atoms with van der Waals surface area (Å²) in [5.41, 5.74) is 8.87. The van der Waals surface area contributed by atoms with Crippen molar-refractivity contribution in [2.45, 2.75) is 6.54 Å². The van der Waals surface area contributed by atoms with E-state index in [0.29, 0.717) is 23.6 Å². The van der Waals surface area contributed by atoms with Gasteiger partial charge in [-0.25, -0.2) is 4.98 Å². The average Bonchev–Trinajstić information content (AvgIpc) is 3.22. The van der Waals surface area contributed by atoms with Crippen LogP contribution in [0.4, 0.5) is 5.69 Å². The fraction of sp³-hybridized carbons (Fsp3) is 0.0556. The predicted octanol–water partition coefficient (Wildman–Crippen LogP) is 2.73. The van der Waals surface area contributed by atoms with E-state index in [1.165, 1.54) is 12.3 Å². The van der Waals surface area contributed by atoms with E-state index < -0.39 is 7.60 Å². The van der Waals surface area contributed by atoms with Gasteiger partial charge >= 0.3 is 7.60 Å². The Morgan fingerprint density at radius 1 is 1.08 bits per heavy atom. The number of nitrogens with zero attached hydrogens (tertiary/aromatic N) is 2. The summed E-state index contributed by atoms with van der Waals surface area (Å²) < 4.78 is 19.1. The molecule has 2 aromatic heterocycles. The molecule has 0 unspecified atom stereocenters. The van der Waals surface area contributed by atoms with Gasteiger partial charge in [-0.3, -0.25) is 4.57 Å². The fourth-order valence-electron chi connectivity index (χ4n) is 2.97. The molecule has 0 spiro atoms. The monoisotopic (exact) mass is 369 g/mol. The molecule has 132 valence electrons. The normalized spacial score (nSPS) is 11.9. The first kappa shape index (κ1) is 16.6. The summed E-state index contributed by atoms with van der Waals surface area (Å²) in [6.45, 7) is 0.456. The maximum Gasteiger partial charge on any atom is 0.360 e. The number of anilines is 1. The van der Waals surface area contributed by atoms with Crippen molar-refractivity contribution in [3.05, 3.63) is 66.4 Å². The first-order valence-corrected chi connectivity index (χ1v) is 9.49. The summed E-state index contributed by atoms with van der Waals surface area (Å²) in [5.74, 6) is 0.370. The molecule has 2 aromatic carbocycles. The Bertz CT molecular complexity index is 1130. The molecule has 4 N–H and O–H groups in total. The summed E-state index contributed by atoms with van der Waals surface area (Å²) in [7, 11) is -4.51. The number of hydrogen-bond donors (Lipinski definition) is 3. The van der Waals surface area contributed by atoms with Crippen molar-refractivity contribution in [1.82, 2.24) is 9.55 Å². The molecule has 4 aromatic rings. The Balaban J connectivity index is 1.98. The van der Waals surface area contributed by atoms with Crippen molar-refractivity contribution in [2.75, 3.05) is 5.73 Å². The lowest BCUT2D eigenvalue weighted by molar-refractivity contribution is 0.387. The molecule has 0 fully saturated rings. The van der Waals surface area contributed by atoms with Gasteiger partial charge in [-0.15, -0.1) is 0 Å². The van der Waals surface area contributed by atoms with Gasteiger partial charge < -0.3 is 24.5 Å². The van der Waals surface area contributed by atoms with Gasteiger partial charge in [0.25, 0.3) is 0 Å². The van der Waals surface area contributed by atoms with E-state index in [2.05, 4.69) is 4.98 Å². The van der Waals surface area contributed by atoms with Crippen LogP contribution in [0, 0.1) is 0 Å². The molecular formula is C18H16N3O4P. The number of benzene rings is 2. The maximum absolute atomic E-state index is 11.8. The summed E-state index contributed by atoms with van der Waals surface area (Å²) in [6.07, 6.45) is 1.25. The van der Waals surface area contributed by atoms with E-state index in [1.54, 1.807) is 6.07 Å². The van der Waals surface area contributed by atoms with E-state index in [-0.39, 0.29) is 11.1 Å². The second-order valence-electron chi connectivity index (χ2n) is 5.90. The van der Waals surface area contributed by atoms with Crippen molar-refractivity contribution in [1.29, 1.82) is 0 Å². The zero-order valence-corrected chi connectivity index (χ0v) is 14.5. The largest absolute Gasteiger partial charge is 0.460 e. The van der Waals surface area contributed by atoms with Crippen LogP contribution in [0.3, 0.4) is 0 Å². The van der Waals surface area contributed by atoms with Crippen molar-refractivity contribution >= 4 is 29.6 Å². The van der Waals surface area contributed by atoms with Gasteiger partial charge in [-0.05, 0) is 23.8 Å². The number of nitrogen functional groups attached to an aromatic ring is 1. The Labute approximate surface area is 148 Å². The Hall–Kier alpha value is -2.86. The number of aromatic nitrogens is 2. The van der Waals surface area contributed by atoms with Crippen LogP contribution in [0.2, 0.25) is 0 Å². The molecule has 4 rings (SSSR count). The highest BCUT2D eigenvalue weighted by molar-refractivity contribution is 7.60. The molecular weight excluding hydrogens is 353 g/mol. The minimum absolute atomic E-state index is 0.0462. The molecule has 0 amide bonds. The van der Waals surface area contributed by atoms with Gasteiger partial charge in [-0.2, -0.15) is 0 Å². The molecule has 26 heavy (non-hydrogen) atoms. The molecule has 0 aliphatic rings. The summed E-state index contributed by atoms with van der Waals surface area (Å²) in [6, 6.07) is 16.4. The van der Waals surface area contributed by atoms with E-state index in [4.69, 9.17) is 10.2 Å². The molecule has 0 atom stereocenters. The van der Waals surface area contributed by atoms with Gasteiger partial charge in [0, 0.05) is 6.54 Å². The van der Waals surface area contributed by atoms with Crippen molar-refractivity contribution in [3.8, 4) is 11.6 Å². The molecule has 7 nitrogen and oxygen atoms in total. The van der Waals surface area contributed by atoms with Crippen LogP contribution in [0.25, 0.3) is 22.6 Å². The van der Waals surface area contributed by atoms with Crippen LogP contribution < -0.4 is 11.0 Å². The van der Waals surface area contributed by atoms with Crippen LogP contribution in [-0.2, 0) is 11.1 Å². The molecule has 0 bridgehead atoms. The second-order valence-corrected chi connectivity index (χ2v) is 7.47. The molecule has 0 radical (unpaired) electrons. The lowest BCUT2D eigenvalue weighted by Crippen LogP contribution is -2.09.